The Morgan fingerprint density at radius 3 is 1.24 bits per heavy atom. The zero-order valence-corrected chi connectivity index (χ0v) is 15.3. The molecular weight excluding hydrogens is 312 g/mol. The summed E-state index contributed by atoms with van der Waals surface area (Å²) in [7, 11) is 0. The average Bonchev–Trinajstić information content (AvgIpc) is 2.16. The van der Waals surface area contributed by atoms with Gasteiger partial charge in [-0.3, -0.25) is 0 Å². The number of nitrogens with zero attached hydrogens (tertiary/aromatic N) is 1. The van der Waals surface area contributed by atoms with E-state index in [2.05, 4.69) is 19.2 Å². The van der Waals surface area contributed by atoms with Gasteiger partial charge in [-0.1, -0.05) is 65.2 Å². The summed E-state index contributed by atoms with van der Waals surface area (Å²) in [6, 6.07) is 0. The summed E-state index contributed by atoms with van der Waals surface area (Å²) in [5.41, 5.74) is 0. The number of hydrogen-bond donors (Lipinski definition) is 0. The van der Waals surface area contributed by atoms with Crippen LogP contribution in [-0.4, -0.2) is 13.1 Å². The van der Waals surface area contributed by atoms with Crippen molar-refractivity contribution >= 4 is 37.2 Å². The van der Waals surface area contributed by atoms with Crippen LogP contribution in [-0.2, 0) is 21.7 Å². The van der Waals surface area contributed by atoms with Gasteiger partial charge in [0, 0.05) is 21.7 Å². The van der Waals surface area contributed by atoms with Crippen LogP contribution in [0.1, 0.15) is 65.2 Å². The van der Waals surface area contributed by atoms with Gasteiger partial charge < -0.3 is 5.32 Å². The van der Waals surface area contributed by atoms with E-state index in [1.54, 1.807) is 0 Å². The van der Waals surface area contributed by atoms with Crippen LogP contribution >= 0.6 is 37.2 Å². The van der Waals surface area contributed by atoms with Gasteiger partial charge in [0.15, 0.2) is 0 Å². The normalized spacial score (nSPS) is 8.12. The fraction of sp³-hybridized carbons (Fsp3) is 1.00. The summed E-state index contributed by atoms with van der Waals surface area (Å²) in [4.78, 5) is 0. The molecule has 0 spiro atoms. The summed E-state index contributed by atoms with van der Waals surface area (Å²) in [6.07, 6.45) is 10.8. The third-order valence-corrected chi connectivity index (χ3v) is 2.34. The third-order valence-electron chi connectivity index (χ3n) is 2.34. The molecule has 0 saturated heterocycles. The van der Waals surface area contributed by atoms with Crippen molar-refractivity contribution in [1.29, 1.82) is 0 Å². The van der Waals surface area contributed by atoms with Gasteiger partial charge >= 0.3 is 0 Å². The van der Waals surface area contributed by atoms with Crippen LogP contribution in [0.3, 0.4) is 0 Å². The van der Waals surface area contributed by atoms with Crippen molar-refractivity contribution < 1.29 is 21.7 Å². The maximum atomic E-state index is 4.51. The quantitative estimate of drug-likeness (QED) is 0.353. The van der Waals surface area contributed by atoms with E-state index in [9.17, 15) is 0 Å². The molecule has 1 nitrogen and oxygen atoms in total. The molecule has 0 fully saturated rings. The van der Waals surface area contributed by atoms with Gasteiger partial charge in [-0.05, 0) is 0 Å². The molecule has 17 heavy (non-hydrogen) atoms. The molecule has 0 aromatic heterocycles. The molecule has 0 amide bonds. The van der Waals surface area contributed by atoms with Crippen LogP contribution in [0.25, 0.3) is 5.32 Å². The molecule has 0 atom stereocenters. The van der Waals surface area contributed by atoms with Crippen LogP contribution in [0.15, 0.2) is 0 Å². The second kappa shape index (κ2) is 30.5. The number of rotatable bonds is 10. The minimum atomic E-state index is 0. The standard InChI is InChI=1S/C12H26N.3ClH.Ti/c1-3-5-7-9-11-13-12-10-8-6-4-2;;;;/h3-12H2,1-2H3;3*1H;/q-1;;;;. The van der Waals surface area contributed by atoms with Crippen molar-refractivity contribution in [3.8, 4) is 0 Å². The number of halogens is 3. The maximum Gasteiger partial charge on any atom is 0 e. The predicted octanol–water partition coefficient (Wildman–Crippen LogP) is 5.78. The van der Waals surface area contributed by atoms with Crippen LogP contribution in [0, 0.1) is 0 Å². The first-order chi connectivity index (χ1) is 6.41. The van der Waals surface area contributed by atoms with Gasteiger partial charge in [-0.25, -0.2) is 0 Å². The van der Waals surface area contributed by atoms with E-state index in [4.69, 9.17) is 0 Å². The summed E-state index contributed by atoms with van der Waals surface area (Å²) < 4.78 is 0. The van der Waals surface area contributed by atoms with Crippen LogP contribution in [0.2, 0.25) is 0 Å². The SMILES string of the molecule is CCCCCC[N-]CCCCCC.Cl.Cl.Cl.[Ti]. The van der Waals surface area contributed by atoms with E-state index in [1.807, 2.05) is 0 Å². The van der Waals surface area contributed by atoms with E-state index >= 15 is 0 Å². The molecule has 0 aliphatic carbocycles. The molecule has 0 heterocycles. The Labute approximate surface area is 142 Å². The zero-order chi connectivity index (χ0) is 9.78. The summed E-state index contributed by atoms with van der Waals surface area (Å²) >= 11 is 0. The first-order valence-electron chi connectivity index (χ1n) is 6.05. The van der Waals surface area contributed by atoms with Gasteiger partial charge in [0.1, 0.15) is 0 Å². The molecule has 0 radical (unpaired) electrons. The van der Waals surface area contributed by atoms with Crippen molar-refractivity contribution in [1.82, 2.24) is 0 Å². The van der Waals surface area contributed by atoms with E-state index < -0.39 is 0 Å². The fourth-order valence-corrected chi connectivity index (χ4v) is 1.41. The molecule has 108 valence electrons. The topological polar surface area (TPSA) is 14.1 Å². The second-order valence-electron chi connectivity index (χ2n) is 3.79. The smallest absolute Gasteiger partial charge is 0 e. The molecule has 0 aromatic rings. The zero-order valence-electron chi connectivity index (χ0n) is 11.2. The molecule has 0 unspecified atom stereocenters. The largest absolute Gasteiger partial charge is 0.662 e. The number of hydrogen-bond acceptors (Lipinski definition) is 0. The minimum Gasteiger partial charge on any atom is -0.662 e. The molecule has 5 heteroatoms. The van der Waals surface area contributed by atoms with E-state index in [1.165, 1.54) is 51.4 Å². The Bertz CT molecular complexity index is 87.8. The van der Waals surface area contributed by atoms with Crippen LogP contribution in [0.4, 0.5) is 0 Å². The Kier molecular flexibility index (Phi) is 55.9. The third kappa shape index (κ3) is 31.8. The van der Waals surface area contributed by atoms with Crippen LogP contribution in [0.5, 0.6) is 0 Å². The summed E-state index contributed by atoms with van der Waals surface area (Å²) in [6.45, 7) is 6.71. The summed E-state index contributed by atoms with van der Waals surface area (Å²) in [5, 5.41) is 4.51. The van der Waals surface area contributed by atoms with E-state index in [-0.39, 0.29) is 58.9 Å². The first-order valence-corrected chi connectivity index (χ1v) is 6.05. The van der Waals surface area contributed by atoms with Crippen molar-refractivity contribution in [2.24, 2.45) is 0 Å². The molecule has 0 N–H and O–H groups in total. The van der Waals surface area contributed by atoms with Crippen molar-refractivity contribution in [3.05, 3.63) is 5.32 Å². The fourth-order valence-electron chi connectivity index (χ4n) is 1.41. The molecule has 0 aliphatic rings. The Hall–Kier alpha value is 1.54. The van der Waals surface area contributed by atoms with Crippen molar-refractivity contribution in [2.75, 3.05) is 13.1 Å². The van der Waals surface area contributed by atoms with E-state index in [0.717, 1.165) is 13.1 Å². The summed E-state index contributed by atoms with van der Waals surface area (Å²) in [5.74, 6) is 0. The average molecular weight is 342 g/mol. The number of unbranched alkanes of at least 4 members (excludes halogenated alkanes) is 6. The van der Waals surface area contributed by atoms with Gasteiger partial charge in [0.25, 0.3) is 0 Å². The molecule has 0 saturated carbocycles. The molecule has 0 aliphatic heterocycles. The first kappa shape index (κ1) is 31.1. The Morgan fingerprint density at radius 1 is 0.588 bits per heavy atom. The molecule has 0 rings (SSSR count). The molecular formula is C12H29Cl3NTi-. The molecule has 0 aromatic carbocycles. The molecule has 0 bridgehead atoms. The van der Waals surface area contributed by atoms with Crippen LogP contribution < -0.4 is 0 Å². The minimum absolute atomic E-state index is 0. The van der Waals surface area contributed by atoms with Crippen molar-refractivity contribution in [3.63, 3.8) is 0 Å². The Balaban J connectivity index is -0.000000120. The van der Waals surface area contributed by atoms with Gasteiger partial charge in [0.2, 0.25) is 0 Å². The second-order valence-corrected chi connectivity index (χ2v) is 3.79. The van der Waals surface area contributed by atoms with Gasteiger partial charge in [-0.15, -0.1) is 50.3 Å². The van der Waals surface area contributed by atoms with Gasteiger partial charge in [0.05, 0.1) is 0 Å². The Morgan fingerprint density at radius 2 is 0.941 bits per heavy atom. The monoisotopic (exact) mass is 340 g/mol. The van der Waals surface area contributed by atoms with Gasteiger partial charge in [-0.2, -0.15) is 0 Å². The predicted molar refractivity (Wildman–Crippen MR) is 83.1 cm³/mol. The van der Waals surface area contributed by atoms with Crippen molar-refractivity contribution in [2.45, 2.75) is 65.2 Å². The maximum absolute atomic E-state index is 4.51. The van der Waals surface area contributed by atoms with E-state index in [0.29, 0.717) is 0 Å².